The quantitative estimate of drug-likeness (QED) is 0.672. The summed E-state index contributed by atoms with van der Waals surface area (Å²) in [5.74, 6) is -1.40. The Morgan fingerprint density at radius 1 is 1.33 bits per heavy atom. The van der Waals surface area contributed by atoms with Crippen LogP contribution in [0.5, 0.6) is 0 Å². The van der Waals surface area contributed by atoms with E-state index in [9.17, 15) is 24.9 Å². The fourth-order valence-electron chi connectivity index (χ4n) is 4.80. The summed E-state index contributed by atoms with van der Waals surface area (Å²) in [6.45, 7) is 7.02. The first-order valence-electron chi connectivity index (χ1n) is 8.37. The van der Waals surface area contributed by atoms with Crippen molar-refractivity contribution in [3.05, 3.63) is 36.0 Å². The van der Waals surface area contributed by atoms with Crippen LogP contribution in [0.15, 0.2) is 36.0 Å². The van der Waals surface area contributed by atoms with Crippen molar-refractivity contribution < 1.29 is 24.9 Å². The van der Waals surface area contributed by atoms with Gasteiger partial charge in [0.1, 0.15) is 5.60 Å². The zero-order valence-electron chi connectivity index (χ0n) is 14.1. The number of allylic oxidation sites excluding steroid dienone is 3. The average molecular weight is 332 g/mol. The summed E-state index contributed by atoms with van der Waals surface area (Å²) >= 11 is 0. The lowest BCUT2D eigenvalue weighted by molar-refractivity contribution is -0.161. The molecule has 0 amide bonds. The molecule has 1 fully saturated rings. The van der Waals surface area contributed by atoms with Gasteiger partial charge in [0.2, 0.25) is 0 Å². The third kappa shape index (κ3) is 1.88. The molecule has 1 unspecified atom stereocenters. The van der Waals surface area contributed by atoms with E-state index in [0.29, 0.717) is 18.4 Å². The van der Waals surface area contributed by atoms with Gasteiger partial charge in [-0.15, -0.1) is 6.58 Å². The molecule has 3 rings (SSSR count). The molecule has 0 radical (unpaired) electrons. The van der Waals surface area contributed by atoms with Crippen molar-refractivity contribution in [1.82, 2.24) is 0 Å². The first kappa shape index (κ1) is 17.1. The van der Waals surface area contributed by atoms with Gasteiger partial charge in [-0.3, -0.25) is 9.59 Å². The second kappa shape index (κ2) is 5.14. The number of rotatable bonds is 2. The third-order valence-electron chi connectivity index (χ3n) is 6.58. The number of aliphatic hydroxyl groups excluding tert-OH is 1. The van der Waals surface area contributed by atoms with E-state index in [1.54, 1.807) is 26.0 Å². The molecule has 1 saturated carbocycles. The molecule has 24 heavy (non-hydrogen) atoms. The van der Waals surface area contributed by atoms with E-state index < -0.39 is 28.5 Å². The van der Waals surface area contributed by atoms with Crippen molar-refractivity contribution in [3.8, 4) is 0 Å². The molecule has 0 bridgehead atoms. The summed E-state index contributed by atoms with van der Waals surface area (Å²) < 4.78 is 0. The highest BCUT2D eigenvalue weighted by Gasteiger charge is 2.65. The van der Waals surface area contributed by atoms with Crippen molar-refractivity contribution in [3.63, 3.8) is 0 Å². The van der Waals surface area contributed by atoms with E-state index in [1.165, 1.54) is 6.08 Å². The summed E-state index contributed by atoms with van der Waals surface area (Å²) in [6.07, 6.45) is 5.29. The lowest BCUT2D eigenvalue weighted by atomic mass is 9.47. The first-order valence-corrected chi connectivity index (χ1v) is 8.37. The molecule has 3 N–H and O–H groups in total. The van der Waals surface area contributed by atoms with Gasteiger partial charge in [0.15, 0.2) is 5.78 Å². The normalized spacial score (nSPS) is 44.8. The molecule has 5 heteroatoms. The van der Waals surface area contributed by atoms with Crippen molar-refractivity contribution in [2.24, 2.45) is 16.7 Å². The maximum Gasteiger partial charge on any atom is 0.313 e. The molecule has 0 spiro atoms. The summed E-state index contributed by atoms with van der Waals surface area (Å²) in [5.41, 5.74) is -3.41. The van der Waals surface area contributed by atoms with Crippen LogP contribution in [-0.4, -0.2) is 38.8 Å². The lowest BCUT2D eigenvalue weighted by Gasteiger charge is -2.59. The van der Waals surface area contributed by atoms with Gasteiger partial charge < -0.3 is 15.3 Å². The Balaban J connectivity index is 2.27. The van der Waals surface area contributed by atoms with Crippen molar-refractivity contribution in [1.29, 1.82) is 0 Å². The molecule has 0 heterocycles. The Labute approximate surface area is 141 Å². The minimum Gasteiger partial charge on any atom is -0.481 e. The van der Waals surface area contributed by atoms with Crippen molar-refractivity contribution >= 4 is 11.8 Å². The average Bonchev–Trinajstić information content (AvgIpc) is 2.54. The van der Waals surface area contributed by atoms with Crippen LogP contribution in [0.2, 0.25) is 0 Å². The Morgan fingerprint density at radius 2 is 2.00 bits per heavy atom. The van der Waals surface area contributed by atoms with Gasteiger partial charge in [0.05, 0.1) is 11.5 Å². The number of carboxylic acids is 1. The van der Waals surface area contributed by atoms with Gasteiger partial charge in [-0.2, -0.15) is 0 Å². The maximum absolute atomic E-state index is 12.7. The van der Waals surface area contributed by atoms with Gasteiger partial charge in [-0.1, -0.05) is 19.1 Å². The Kier molecular flexibility index (Phi) is 3.66. The zero-order chi connectivity index (χ0) is 17.9. The number of aliphatic carboxylic acids is 1. The minimum absolute atomic E-state index is 0.00522. The fourth-order valence-corrected chi connectivity index (χ4v) is 4.80. The Bertz CT molecular complexity index is 690. The van der Waals surface area contributed by atoms with Gasteiger partial charge in [-0.25, -0.2) is 0 Å². The third-order valence-corrected chi connectivity index (χ3v) is 6.58. The largest absolute Gasteiger partial charge is 0.481 e. The number of carbonyl (C=O) groups excluding carboxylic acids is 1. The summed E-state index contributed by atoms with van der Waals surface area (Å²) in [6, 6.07) is 0. The molecule has 0 aromatic heterocycles. The van der Waals surface area contributed by atoms with E-state index in [-0.39, 0.29) is 30.1 Å². The smallest absolute Gasteiger partial charge is 0.313 e. The van der Waals surface area contributed by atoms with E-state index in [2.05, 4.69) is 6.58 Å². The maximum atomic E-state index is 12.7. The molecule has 3 aliphatic rings. The number of fused-ring (bicyclic) bond motifs is 3. The second-order valence-electron chi connectivity index (χ2n) is 7.70. The molecule has 5 nitrogen and oxygen atoms in total. The minimum atomic E-state index is -1.55. The van der Waals surface area contributed by atoms with Crippen LogP contribution < -0.4 is 0 Å². The molecule has 130 valence electrons. The highest BCUT2D eigenvalue weighted by molar-refractivity contribution is 6.08. The molecular weight excluding hydrogens is 308 g/mol. The molecule has 0 aromatic rings. The van der Waals surface area contributed by atoms with Gasteiger partial charge >= 0.3 is 5.97 Å². The molecule has 0 saturated heterocycles. The van der Waals surface area contributed by atoms with E-state index >= 15 is 0 Å². The van der Waals surface area contributed by atoms with Crippen LogP contribution in [0.25, 0.3) is 0 Å². The van der Waals surface area contributed by atoms with Gasteiger partial charge in [0, 0.05) is 11.0 Å². The van der Waals surface area contributed by atoms with Crippen LogP contribution in [0.4, 0.5) is 0 Å². The number of carbonyl (C=O) groups is 2. The second-order valence-corrected chi connectivity index (χ2v) is 7.70. The monoisotopic (exact) mass is 332 g/mol. The fraction of sp³-hybridized carbons (Fsp3) is 0.579. The number of carboxylic acid groups (broad SMARTS) is 1. The number of ketones is 1. The summed E-state index contributed by atoms with van der Waals surface area (Å²) in [4.78, 5) is 24.6. The van der Waals surface area contributed by atoms with E-state index in [4.69, 9.17) is 0 Å². The topological polar surface area (TPSA) is 94.8 Å². The van der Waals surface area contributed by atoms with Crippen LogP contribution in [0, 0.1) is 16.7 Å². The first-order chi connectivity index (χ1) is 11.1. The summed E-state index contributed by atoms with van der Waals surface area (Å²) in [5, 5.41) is 32.0. The molecule has 3 aliphatic carbocycles. The molecular formula is C19H24O5. The molecule has 5 atom stereocenters. The van der Waals surface area contributed by atoms with Crippen molar-refractivity contribution in [2.75, 3.05) is 0 Å². The molecule has 0 aliphatic heterocycles. The van der Waals surface area contributed by atoms with E-state index in [1.807, 2.05) is 0 Å². The number of aliphatic hydroxyl groups is 2. The predicted octanol–water partition coefficient (Wildman–Crippen LogP) is 2.00. The van der Waals surface area contributed by atoms with Crippen molar-refractivity contribution in [2.45, 2.75) is 51.2 Å². The number of hydrogen-bond donors (Lipinski definition) is 3. The SMILES string of the molecule is C=CC1C=C2C(=O)C=C3[C@](C)(C(=O)O)CC[C@@H](O)[C@@]3(C)[C@]2(O)CC1. The van der Waals surface area contributed by atoms with Gasteiger partial charge in [-0.05, 0) is 50.2 Å². The summed E-state index contributed by atoms with van der Waals surface area (Å²) in [7, 11) is 0. The molecule has 0 aromatic carbocycles. The Morgan fingerprint density at radius 3 is 2.58 bits per heavy atom. The highest BCUT2D eigenvalue weighted by Crippen LogP contribution is 2.62. The number of hydrogen-bond acceptors (Lipinski definition) is 4. The standard InChI is InChI=1S/C19H24O5/c1-4-11-5-8-19(24)12(9-11)13(20)10-14-17(2,16(22)23)7-6-15(21)18(14,19)3/h4,9-11,15,21,24H,1,5-8H2,2-3H3,(H,22,23)/t11?,15-,17-,18+,19+/m1/s1. The van der Waals surface area contributed by atoms with Gasteiger partial charge in [0.25, 0.3) is 0 Å². The highest BCUT2D eigenvalue weighted by atomic mass is 16.4. The zero-order valence-corrected chi connectivity index (χ0v) is 14.1. The van der Waals surface area contributed by atoms with Crippen LogP contribution in [-0.2, 0) is 9.59 Å². The van der Waals surface area contributed by atoms with Crippen LogP contribution in [0.1, 0.15) is 39.5 Å². The Hall–Kier alpha value is -1.72. The van der Waals surface area contributed by atoms with E-state index in [0.717, 1.165) is 0 Å². The van der Waals surface area contributed by atoms with Crippen LogP contribution >= 0.6 is 0 Å². The van der Waals surface area contributed by atoms with Crippen LogP contribution in [0.3, 0.4) is 0 Å². The predicted molar refractivity (Wildman–Crippen MR) is 88.1 cm³/mol. The lowest BCUT2D eigenvalue weighted by Crippen LogP contribution is -2.64.